The number of halogens is 1. The Balaban J connectivity index is 2.02. The molecular formula is C14H20FNO2. The first-order valence-electron chi connectivity index (χ1n) is 6.57. The Morgan fingerprint density at radius 2 is 2.17 bits per heavy atom. The predicted octanol–water partition coefficient (Wildman–Crippen LogP) is 2.94. The molecule has 1 aliphatic carbocycles. The van der Waals surface area contributed by atoms with Crippen LogP contribution in [0.5, 0.6) is 5.75 Å². The van der Waals surface area contributed by atoms with Crippen LogP contribution in [-0.4, -0.2) is 23.9 Å². The summed E-state index contributed by atoms with van der Waals surface area (Å²) in [4.78, 5) is 0. The highest BCUT2D eigenvalue weighted by molar-refractivity contribution is 5.48. The maximum absolute atomic E-state index is 13.7. The van der Waals surface area contributed by atoms with Crippen LogP contribution in [0.1, 0.15) is 32.6 Å². The molecule has 1 fully saturated rings. The van der Waals surface area contributed by atoms with Gasteiger partial charge in [-0.05, 0) is 31.9 Å². The van der Waals surface area contributed by atoms with Crippen molar-refractivity contribution in [3.63, 3.8) is 0 Å². The first-order valence-corrected chi connectivity index (χ1v) is 6.57. The van der Waals surface area contributed by atoms with Gasteiger partial charge in [0.15, 0.2) is 11.6 Å². The molecule has 2 unspecified atom stereocenters. The monoisotopic (exact) mass is 253 g/mol. The minimum Gasteiger partial charge on any atom is -0.491 e. The molecule has 0 radical (unpaired) electrons. The summed E-state index contributed by atoms with van der Waals surface area (Å²) < 4.78 is 18.8. The van der Waals surface area contributed by atoms with Crippen molar-refractivity contribution in [3.8, 4) is 5.75 Å². The van der Waals surface area contributed by atoms with Gasteiger partial charge in [-0.1, -0.05) is 12.8 Å². The second kappa shape index (κ2) is 6.05. The lowest BCUT2D eigenvalue weighted by Crippen LogP contribution is -2.36. The van der Waals surface area contributed by atoms with Gasteiger partial charge in [-0.3, -0.25) is 0 Å². The second-order valence-corrected chi connectivity index (χ2v) is 4.68. The van der Waals surface area contributed by atoms with E-state index in [1.54, 1.807) is 12.1 Å². The SMILES string of the molecule is CCOc1ccc(NC2CCCCC2O)cc1F. The first-order chi connectivity index (χ1) is 8.70. The van der Waals surface area contributed by atoms with Gasteiger partial charge in [-0.15, -0.1) is 0 Å². The van der Waals surface area contributed by atoms with Gasteiger partial charge in [0.2, 0.25) is 0 Å². The summed E-state index contributed by atoms with van der Waals surface area (Å²) in [6, 6.07) is 4.86. The van der Waals surface area contributed by atoms with Gasteiger partial charge >= 0.3 is 0 Å². The Labute approximate surface area is 107 Å². The Kier molecular flexibility index (Phi) is 4.42. The van der Waals surface area contributed by atoms with Crippen LogP contribution >= 0.6 is 0 Å². The van der Waals surface area contributed by atoms with Crippen LogP contribution in [0.2, 0.25) is 0 Å². The van der Waals surface area contributed by atoms with Crippen LogP contribution < -0.4 is 10.1 Å². The highest BCUT2D eigenvalue weighted by atomic mass is 19.1. The average Bonchev–Trinajstić information content (AvgIpc) is 2.36. The van der Waals surface area contributed by atoms with Gasteiger partial charge in [-0.25, -0.2) is 4.39 Å². The largest absolute Gasteiger partial charge is 0.491 e. The van der Waals surface area contributed by atoms with E-state index in [2.05, 4.69) is 5.32 Å². The normalized spacial score (nSPS) is 23.7. The zero-order valence-electron chi connectivity index (χ0n) is 10.7. The van der Waals surface area contributed by atoms with E-state index in [1.807, 2.05) is 6.92 Å². The van der Waals surface area contributed by atoms with E-state index in [-0.39, 0.29) is 23.7 Å². The molecule has 100 valence electrons. The summed E-state index contributed by atoms with van der Waals surface area (Å²) in [5.74, 6) is -0.0978. The lowest BCUT2D eigenvalue weighted by atomic mass is 9.92. The van der Waals surface area contributed by atoms with Crippen LogP contribution in [-0.2, 0) is 0 Å². The average molecular weight is 253 g/mol. The van der Waals surface area contributed by atoms with Crippen molar-refractivity contribution in [2.24, 2.45) is 0 Å². The minimum absolute atomic E-state index is 0.0242. The number of rotatable bonds is 4. The Bertz CT molecular complexity index is 397. The third-order valence-corrected chi connectivity index (χ3v) is 3.31. The number of aliphatic hydroxyl groups is 1. The third kappa shape index (κ3) is 3.13. The maximum Gasteiger partial charge on any atom is 0.167 e. The molecule has 2 atom stereocenters. The molecule has 4 heteroatoms. The van der Waals surface area contributed by atoms with E-state index in [0.29, 0.717) is 12.3 Å². The van der Waals surface area contributed by atoms with Crippen molar-refractivity contribution in [2.45, 2.75) is 44.8 Å². The van der Waals surface area contributed by atoms with Crippen LogP contribution in [0.3, 0.4) is 0 Å². The molecule has 2 rings (SSSR count). The fourth-order valence-corrected chi connectivity index (χ4v) is 2.36. The van der Waals surface area contributed by atoms with Gasteiger partial charge in [0.05, 0.1) is 18.8 Å². The molecule has 0 aromatic heterocycles. The second-order valence-electron chi connectivity index (χ2n) is 4.68. The van der Waals surface area contributed by atoms with Gasteiger partial charge in [0, 0.05) is 11.8 Å². The number of benzene rings is 1. The van der Waals surface area contributed by atoms with Gasteiger partial charge in [0.1, 0.15) is 0 Å². The highest BCUT2D eigenvalue weighted by Gasteiger charge is 2.22. The number of ether oxygens (including phenoxy) is 1. The summed E-state index contributed by atoms with van der Waals surface area (Å²) in [7, 11) is 0. The molecule has 0 heterocycles. The van der Waals surface area contributed by atoms with Gasteiger partial charge in [0.25, 0.3) is 0 Å². The topological polar surface area (TPSA) is 41.5 Å². The van der Waals surface area contributed by atoms with E-state index in [0.717, 1.165) is 25.7 Å². The minimum atomic E-state index is -0.368. The summed E-state index contributed by atoms with van der Waals surface area (Å²) >= 11 is 0. The van der Waals surface area contributed by atoms with Crippen LogP contribution in [0, 0.1) is 5.82 Å². The van der Waals surface area contributed by atoms with E-state index >= 15 is 0 Å². The van der Waals surface area contributed by atoms with Crippen molar-refractivity contribution in [2.75, 3.05) is 11.9 Å². The van der Waals surface area contributed by atoms with Crippen molar-refractivity contribution in [1.29, 1.82) is 0 Å². The highest BCUT2D eigenvalue weighted by Crippen LogP contribution is 2.25. The predicted molar refractivity (Wildman–Crippen MR) is 69.5 cm³/mol. The van der Waals surface area contributed by atoms with E-state index in [9.17, 15) is 9.50 Å². The van der Waals surface area contributed by atoms with Crippen LogP contribution in [0.25, 0.3) is 0 Å². The third-order valence-electron chi connectivity index (χ3n) is 3.31. The zero-order chi connectivity index (χ0) is 13.0. The summed E-state index contributed by atoms with van der Waals surface area (Å²) in [6.45, 7) is 2.27. The molecule has 0 amide bonds. The molecule has 1 aliphatic rings. The maximum atomic E-state index is 13.7. The molecule has 18 heavy (non-hydrogen) atoms. The summed E-state index contributed by atoms with van der Waals surface area (Å²) in [5.41, 5.74) is 0.696. The molecule has 1 aromatic rings. The van der Waals surface area contributed by atoms with Crippen LogP contribution in [0.4, 0.5) is 10.1 Å². The number of anilines is 1. The fourth-order valence-electron chi connectivity index (χ4n) is 2.36. The van der Waals surface area contributed by atoms with Crippen LogP contribution in [0.15, 0.2) is 18.2 Å². The zero-order valence-corrected chi connectivity index (χ0v) is 10.7. The Morgan fingerprint density at radius 1 is 1.39 bits per heavy atom. The Morgan fingerprint density at radius 3 is 2.83 bits per heavy atom. The molecule has 0 aliphatic heterocycles. The number of hydrogen-bond donors (Lipinski definition) is 2. The summed E-state index contributed by atoms with van der Waals surface area (Å²) in [5, 5.41) is 13.1. The van der Waals surface area contributed by atoms with E-state index < -0.39 is 0 Å². The number of hydrogen-bond acceptors (Lipinski definition) is 3. The lowest BCUT2D eigenvalue weighted by Gasteiger charge is -2.29. The molecule has 0 saturated heterocycles. The molecule has 3 nitrogen and oxygen atoms in total. The quantitative estimate of drug-likeness (QED) is 0.867. The Hall–Kier alpha value is -1.29. The first kappa shape index (κ1) is 13.1. The van der Waals surface area contributed by atoms with E-state index in [4.69, 9.17) is 4.74 Å². The standard InChI is InChI=1S/C14H20FNO2/c1-2-18-14-8-7-10(9-11(14)15)16-12-5-3-4-6-13(12)17/h7-9,12-13,16-17H,2-6H2,1H3. The molecule has 0 spiro atoms. The lowest BCUT2D eigenvalue weighted by molar-refractivity contribution is 0.116. The molecule has 1 aromatic carbocycles. The number of nitrogens with one attached hydrogen (secondary N) is 1. The molecule has 1 saturated carbocycles. The van der Waals surface area contributed by atoms with Gasteiger partial charge < -0.3 is 15.2 Å². The van der Waals surface area contributed by atoms with Crippen molar-refractivity contribution < 1.29 is 14.2 Å². The molecule has 0 bridgehead atoms. The van der Waals surface area contributed by atoms with E-state index in [1.165, 1.54) is 6.07 Å². The van der Waals surface area contributed by atoms with Gasteiger partial charge in [-0.2, -0.15) is 0 Å². The smallest absolute Gasteiger partial charge is 0.167 e. The van der Waals surface area contributed by atoms with Crippen molar-refractivity contribution in [3.05, 3.63) is 24.0 Å². The summed E-state index contributed by atoms with van der Waals surface area (Å²) in [6.07, 6.45) is 3.58. The number of aliphatic hydroxyl groups excluding tert-OH is 1. The van der Waals surface area contributed by atoms with Crippen molar-refractivity contribution >= 4 is 5.69 Å². The fraction of sp³-hybridized carbons (Fsp3) is 0.571. The van der Waals surface area contributed by atoms with Crippen molar-refractivity contribution in [1.82, 2.24) is 0 Å². The molecule has 2 N–H and O–H groups in total. The molecular weight excluding hydrogens is 233 g/mol.